The predicted molar refractivity (Wildman–Crippen MR) is 99.6 cm³/mol. The van der Waals surface area contributed by atoms with Crippen LogP contribution in [0.5, 0.6) is 5.75 Å². The number of hydrogen-bond donors (Lipinski definition) is 0. The van der Waals surface area contributed by atoms with E-state index in [1.807, 2.05) is 29.7 Å². The lowest BCUT2D eigenvalue weighted by Gasteiger charge is -2.07. The van der Waals surface area contributed by atoms with Crippen molar-refractivity contribution in [2.75, 3.05) is 7.11 Å². The summed E-state index contributed by atoms with van der Waals surface area (Å²) in [4.78, 5) is 27.9. The van der Waals surface area contributed by atoms with Gasteiger partial charge in [0.25, 0.3) is 11.6 Å². The number of thiazole rings is 1. The number of amides is 1. The van der Waals surface area contributed by atoms with Gasteiger partial charge in [-0.05, 0) is 24.6 Å². The standard InChI is InChI=1S/C18H17N3O4S/c1-3-11-20-16-14(25-2)9-6-10-15(16)26-18(20)19-17(22)12-7-4-5-8-13(12)21(23)24/h4-10H,3,11H2,1-2H3. The zero-order chi connectivity index (χ0) is 18.7. The summed E-state index contributed by atoms with van der Waals surface area (Å²) in [7, 11) is 1.60. The summed E-state index contributed by atoms with van der Waals surface area (Å²) in [5.74, 6) is 0.0690. The van der Waals surface area contributed by atoms with Crippen molar-refractivity contribution >= 4 is 33.1 Å². The van der Waals surface area contributed by atoms with Crippen molar-refractivity contribution in [2.24, 2.45) is 4.99 Å². The smallest absolute Gasteiger partial charge is 0.286 e. The summed E-state index contributed by atoms with van der Waals surface area (Å²) in [5.41, 5.74) is 0.600. The van der Waals surface area contributed by atoms with E-state index in [1.54, 1.807) is 13.2 Å². The van der Waals surface area contributed by atoms with Gasteiger partial charge in [0.05, 0.1) is 16.7 Å². The molecule has 26 heavy (non-hydrogen) atoms. The number of rotatable bonds is 5. The molecule has 3 rings (SSSR count). The fourth-order valence-corrected chi connectivity index (χ4v) is 3.81. The number of aromatic nitrogens is 1. The molecule has 0 aliphatic rings. The van der Waals surface area contributed by atoms with Crippen LogP contribution in [-0.4, -0.2) is 22.5 Å². The molecule has 1 heterocycles. The number of carbonyl (C=O) groups is 1. The van der Waals surface area contributed by atoms with Gasteiger partial charge < -0.3 is 9.30 Å². The molecule has 0 unspecified atom stereocenters. The third kappa shape index (κ3) is 3.23. The summed E-state index contributed by atoms with van der Waals surface area (Å²) >= 11 is 1.36. The molecule has 134 valence electrons. The molecule has 0 saturated heterocycles. The van der Waals surface area contributed by atoms with Gasteiger partial charge in [0.2, 0.25) is 0 Å². The minimum absolute atomic E-state index is 0.0232. The minimum Gasteiger partial charge on any atom is -0.495 e. The summed E-state index contributed by atoms with van der Waals surface area (Å²) in [5, 5.41) is 11.2. The molecule has 1 amide bonds. The van der Waals surface area contributed by atoms with Gasteiger partial charge in [0, 0.05) is 12.6 Å². The highest BCUT2D eigenvalue weighted by atomic mass is 32.1. The van der Waals surface area contributed by atoms with Gasteiger partial charge in [-0.2, -0.15) is 4.99 Å². The third-order valence-electron chi connectivity index (χ3n) is 3.86. The predicted octanol–water partition coefficient (Wildman–Crippen LogP) is 3.77. The highest BCUT2D eigenvalue weighted by molar-refractivity contribution is 7.16. The zero-order valence-electron chi connectivity index (χ0n) is 14.3. The van der Waals surface area contributed by atoms with E-state index in [0.29, 0.717) is 17.1 Å². The quantitative estimate of drug-likeness (QED) is 0.504. The van der Waals surface area contributed by atoms with Crippen LogP contribution in [0.3, 0.4) is 0 Å². The first-order valence-electron chi connectivity index (χ1n) is 8.05. The molecule has 0 radical (unpaired) electrons. The van der Waals surface area contributed by atoms with Crippen LogP contribution in [0.25, 0.3) is 10.2 Å². The average molecular weight is 371 g/mol. The Morgan fingerprint density at radius 2 is 2.04 bits per heavy atom. The van der Waals surface area contributed by atoms with Crippen molar-refractivity contribution in [3.8, 4) is 5.75 Å². The molecular weight excluding hydrogens is 354 g/mol. The van der Waals surface area contributed by atoms with E-state index >= 15 is 0 Å². The summed E-state index contributed by atoms with van der Waals surface area (Å²) < 4.78 is 8.30. The van der Waals surface area contributed by atoms with Gasteiger partial charge in [-0.15, -0.1) is 0 Å². The molecule has 0 bridgehead atoms. The lowest BCUT2D eigenvalue weighted by atomic mass is 10.2. The number of methoxy groups -OCH3 is 1. The highest BCUT2D eigenvalue weighted by Crippen LogP contribution is 2.27. The molecule has 0 spiro atoms. The van der Waals surface area contributed by atoms with Crippen molar-refractivity contribution in [3.63, 3.8) is 0 Å². The first-order valence-corrected chi connectivity index (χ1v) is 8.87. The van der Waals surface area contributed by atoms with Crippen LogP contribution in [0, 0.1) is 10.1 Å². The van der Waals surface area contributed by atoms with Gasteiger partial charge in [0.15, 0.2) is 4.80 Å². The van der Waals surface area contributed by atoms with E-state index in [0.717, 1.165) is 16.6 Å². The lowest BCUT2D eigenvalue weighted by Crippen LogP contribution is -2.17. The largest absolute Gasteiger partial charge is 0.495 e. The molecular formula is C18H17N3O4S. The summed E-state index contributed by atoms with van der Waals surface area (Å²) in [6.07, 6.45) is 0.844. The lowest BCUT2D eigenvalue weighted by molar-refractivity contribution is -0.385. The number of nitro benzene ring substituents is 1. The van der Waals surface area contributed by atoms with Gasteiger partial charge >= 0.3 is 0 Å². The highest BCUT2D eigenvalue weighted by Gasteiger charge is 2.19. The molecule has 0 aliphatic carbocycles. The zero-order valence-corrected chi connectivity index (χ0v) is 15.2. The van der Waals surface area contributed by atoms with Crippen LogP contribution in [0.15, 0.2) is 47.5 Å². The monoisotopic (exact) mass is 371 g/mol. The number of carbonyl (C=O) groups excluding carboxylic acids is 1. The van der Waals surface area contributed by atoms with Crippen LogP contribution in [0.1, 0.15) is 23.7 Å². The number of fused-ring (bicyclic) bond motifs is 1. The van der Waals surface area contributed by atoms with Crippen LogP contribution in [0.2, 0.25) is 0 Å². The number of nitro groups is 1. The van der Waals surface area contributed by atoms with E-state index in [-0.39, 0.29) is 11.3 Å². The van der Waals surface area contributed by atoms with E-state index < -0.39 is 10.8 Å². The SMILES string of the molecule is CCCn1c(=NC(=O)c2ccccc2[N+](=O)[O-])sc2cccc(OC)c21. The maximum atomic E-state index is 12.6. The number of aryl methyl sites for hydroxylation is 1. The van der Waals surface area contributed by atoms with E-state index in [4.69, 9.17) is 4.74 Å². The third-order valence-corrected chi connectivity index (χ3v) is 4.90. The molecule has 0 fully saturated rings. The molecule has 0 N–H and O–H groups in total. The second-order valence-electron chi connectivity index (χ2n) is 5.53. The van der Waals surface area contributed by atoms with Crippen LogP contribution in [-0.2, 0) is 6.54 Å². The maximum Gasteiger partial charge on any atom is 0.286 e. The Balaban J connectivity index is 2.20. The molecule has 8 heteroatoms. The average Bonchev–Trinajstić information content (AvgIpc) is 2.99. The number of hydrogen-bond acceptors (Lipinski definition) is 5. The van der Waals surface area contributed by atoms with Gasteiger partial charge in [0.1, 0.15) is 16.8 Å². The first-order chi connectivity index (χ1) is 12.6. The fourth-order valence-electron chi connectivity index (χ4n) is 2.74. The number of ether oxygens (including phenoxy) is 1. The van der Waals surface area contributed by atoms with Crippen molar-refractivity contribution in [1.82, 2.24) is 4.57 Å². The maximum absolute atomic E-state index is 12.6. The molecule has 7 nitrogen and oxygen atoms in total. The van der Waals surface area contributed by atoms with Crippen molar-refractivity contribution in [3.05, 3.63) is 62.9 Å². The second kappa shape index (κ2) is 7.49. The topological polar surface area (TPSA) is 86.7 Å². The molecule has 2 aromatic carbocycles. The summed E-state index contributed by atoms with van der Waals surface area (Å²) in [6.45, 7) is 2.68. The van der Waals surface area contributed by atoms with Gasteiger partial charge in [-0.1, -0.05) is 36.5 Å². The molecule has 0 saturated carbocycles. The van der Waals surface area contributed by atoms with E-state index in [9.17, 15) is 14.9 Å². The number of nitrogens with zero attached hydrogens (tertiary/aromatic N) is 3. The van der Waals surface area contributed by atoms with Crippen LogP contribution < -0.4 is 9.54 Å². The Morgan fingerprint density at radius 3 is 2.73 bits per heavy atom. The minimum atomic E-state index is -0.632. The van der Waals surface area contributed by atoms with Gasteiger partial charge in [-0.25, -0.2) is 0 Å². The van der Waals surface area contributed by atoms with Crippen LogP contribution >= 0.6 is 11.3 Å². The Bertz CT molecular complexity index is 1050. The molecule has 0 aliphatic heterocycles. The molecule has 1 aromatic heterocycles. The Morgan fingerprint density at radius 1 is 1.27 bits per heavy atom. The van der Waals surface area contributed by atoms with E-state index in [2.05, 4.69) is 4.99 Å². The number of para-hydroxylation sites is 2. The van der Waals surface area contributed by atoms with Gasteiger partial charge in [-0.3, -0.25) is 14.9 Å². The first kappa shape index (κ1) is 17.8. The van der Waals surface area contributed by atoms with Crippen LogP contribution in [0.4, 0.5) is 5.69 Å². The van der Waals surface area contributed by atoms with Crippen molar-refractivity contribution in [2.45, 2.75) is 19.9 Å². The van der Waals surface area contributed by atoms with Crippen molar-refractivity contribution < 1.29 is 14.5 Å². The molecule has 0 atom stereocenters. The number of benzene rings is 2. The Kier molecular flexibility index (Phi) is 5.13. The fraction of sp³-hybridized carbons (Fsp3) is 0.222. The molecule has 3 aromatic rings. The Labute approximate surface area is 153 Å². The second-order valence-corrected chi connectivity index (χ2v) is 6.54. The summed E-state index contributed by atoms with van der Waals surface area (Å²) in [6, 6.07) is 11.5. The van der Waals surface area contributed by atoms with E-state index in [1.165, 1.54) is 29.5 Å². The Hall–Kier alpha value is -3.00. The normalized spacial score (nSPS) is 11.7. The van der Waals surface area contributed by atoms with Crippen molar-refractivity contribution in [1.29, 1.82) is 0 Å².